The highest BCUT2D eigenvalue weighted by Crippen LogP contribution is 2.37. The zero-order chi connectivity index (χ0) is 28.8. The lowest BCUT2D eigenvalue weighted by Crippen LogP contribution is -2.43. The Labute approximate surface area is 240 Å². The molecule has 3 unspecified atom stereocenters. The lowest BCUT2D eigenvalue weighted by atomic mass is 9.98. The predicted octanol–water partition coefficient (Wildman–Crippen LogP) is 4.09. The van der Waals surface area contributed by atoms with Gasteiger partial charge < -0.3 is 20.4 Å². The monoisotopic (exact) mass is 575 g/mol. The molecule has 2 aliphatic heterocycles. The number of para-hydroxylation sites is 1. The number of carbonyl (C=O) groups is 1. The lowest BCUT2D eigenvalue weighted by Gasteiger charge is -2.22. The largest absolute Gasteiger partial charge is 0.469 e. The maximum Gasteiger partial charge on any atom is 0.469 e. The molecule has 4 N–H and O–H groups in total. The number of hydroxylamine groups is 2. The summed E-state index contributed by atoms with van der Waals surface area (Å²) in [5.74, 6) is 6.45. The third-order valence-corrected chi connectivity index (χ3v) is 7.76. The van der Waals surface area contributed by atoms with Gasteiger partial charge in [0.05, 0.1) is 13.2 Å². The number of phosphoric acid groups is 1. The Bertz CT molecular complexity index is 1460. The number of hydrogen-bond acceptors (Lipinski definition) is 6. The van der Waals surface area contributed by atoms with E-state index < -0.39 is 20.0 Å². The average molecular weight is 576 g/mol. The van der Waals surface area contributed by atoms with Crippen molar-refractivity contribution in [1.82, 2.24) is 10.4 Å². The SMILES string of the molecule is Cc1ccc(C#Cc2ccc(CN3OC(COP(=O)(O)O)CC3C(=O)NCCC3CNc4ccccc43)cc2)cc1. The van der Waals surface area contributed by atoms with Gasteiger partial charge in [0, 0.05) is 42.2 Å². The molecule has 3 atom stereocenters. The fraction of sp³-hybridized carbons (Fsp3) is 0.323. The van der Waals surface area contributed by atoms with E-state index in [9.17, 15) is 9.36 Å². The Kier molecular flexibility index (Phi) is 9.21. The Morgan fingerprint density at radius 3 is 2.46 bits per heavy atom. The number of rotatable bonds is 9. The van der Waals surface area contributed by atoms with Crippen LogP contribution in [0.15, 0.2) is 72.8 Å². The zero-order valence-corrected chi connectivity index (χ0v) is 23.7. The molecule has 3 aromatic rings. The van der Waals surface area contributed by atoms with E-state index >= 15 is 0 Å². The molecule has 2 heterocycles. The van der Waals surface area contributed by atoms with Crippen LogP contribution in [0.5, 0.6) is 0 Å². The molecular weight excluding hydrogens is 541 g/mol. The Morgan fingerprint density at radius 2 is 1.76 bits per heavy atom. The second kappa shape index (κ2) is 13.0. The van der Waals surface area contributed by atoms with Crippen LogP contribution in [0.3, 0.4) is 0 Å². The number of anilines is 1. The molecule has 10 heteroatoms. The Hall–Kier alpha value is -3.48. The third kappa shape index (κ3) is 8.05. The zero-order valence-electron chi connectivity index (χ0n) is 22.8. The number of nitrogens with one attached hydrogen (secondary N) is 2. The molecule has 0 aliphatic carbocycles. The van der Waals surface area contributed by atoms with Crippen LogP contribution in [0.4, 0.5) is 5.69 Å². The minimum absolute atomic E-state index is 0.191. The molecule has 214 valence electrons. The summed E-state index contributed by atoms with van der Waals surface area (Å²) in [5.41, 5.74) is 6.30. The highest BCUT2D eigenvalue weighted by atomic mass is 31.2. The number of aryl methyl sites for hydroxylation is 1. The molecule has 1 saturated heterocycles. The van der Waals surface area contributed by atoms with Gasteiger partial charge in [-0.05, 0) is 54.8 Å². The summed E-state index contributed by atoms with van der Waals surface area (Å²) < 4.78 is 15.9. The van der Waals surface area contributed by atoms with E-state index in [1.54, 1.807) is 5.06 Å². The number of fused-ring (bicyclic) bond motifs is 1. The molecule has 0 bridgehead atoms. The molecule has 0 aromatic heterocycles. The van der Waals surface area contributed by atoms with Gasteiger partial charge in [-0.15, -0.1) is 0 Å². The first-order valence-corrected chi connectivity index (χ1v) is 15.2. The van der Waals surface area contributed by atoms with Crippen molar-refractivity contribution in [3.05, 3.63) is 101 Å². The van der Waals surface area contributed by atoms with E-state index in [0.717, 1.165) is 35.3 Å². The number of amides is 1. The highest BCUT2D eigenvalue weighted by molar-refractivity contribution is 7.46. The molecule has 0 saturated carbocycles. The van der Waals surface area contributed by atoms with Crippen molar-refractivity contribution in [3.8, 4) is 11.8 Å². The topological polar surface area (TPSA) is 120 Å². The second-order valence-corrected chi connectivity index (χ2v) is 11.6. The number of benzene rings is 3. The van der Waals surface area contributed by atoms with Gasteiger partial charge in [0.25, 0.3) is 0 Å². The van der Waals surface area contributed by atoms with Gasteiger partial charge in [-0.25, -0.2) is 4.57 Å². The summed E-state index contributed by atoms with van der Waals surface area (Å²) in [6.45, 7) is 3.37. The summed E-state index contributed by atoms with van der Waals surface area (Å²) >= 11 is 0. The van der Waals surface area contributed by atoms with Crippen molar-refractivity contribution in [1.29, 1.82) is 0 Å². The van der Waals surface area contributed by atoms with Gasteiger partial charge in [0.2, 0.25) is 5.91 Å². The summed E-state index contributed by atoms with van der Waals surface area (Å²) in [6.07, 6.45) is 0.378. The van der Waals surface area contributed by atoms with Crippen LogP contribution < -0.4 is 10.6 Å². The number of phosphoric ester groups is 1. The van der Waals surface area contributed by atoms with Crippen LogP contribution in [0, 0.1) is 18.8 Å². The van der Waals surface area contributed by atoms with Gasteiger partial charge >= 0.3 is 7.82 Å². The van der Waals surface area contributed by atoms with E-state index in [4.69, 9.17) is 14.6 Å². The number of carbonyl (C=O) groups excluding carboxylic acids is 1. The maximum atomic E-state index is 13.2. The smallest absolute Gasteiger partial charge is 0.384 e. The molecule has 3 aromatic carbocycles. The van der Waals surface area contributed by atoms with Crippen molar-refractivity contribution < 1.29 is 28.5 Å². The predicted molar refractivity (Wildman–Crippen MR) is 156 cm³/mol. The molecule has 0 spiro atoms. The Morgan fingerprint density at radius 1 is 1.07 bits per heavy atom. The van der Waals surface area contributed by atoms with Gasteiger partial charge in [-0.2, -0.15) is 5.06 Å². The van der Waals surface area contributed by atoms with Crippen LogP contribution in [0.1, 0.15) is 46.6 Å². The van der Waals surface area contributed by atoms with Gasteiger partial charge in [-0.3, -0.25) is 14.2 Å². The summed E-state index contributed by atoms with van der Waals surface area (Å²) in [4.78, 5) is 37.4. The summed E-state index contributed by atoms with van der Waals surface area (Å²) in [5, 5.41) is 8.01. The van der Waals surface area contributed by atoms with E-state index in [1.165, 1.54) is 11.1 Å². The van der Waals surface area contributed by atoms with Crippen molar-refractivity contribution in [3.63, 3.8) is 0 Å². The molecule has 9 nitrogen and oxygen atoms in total. The first-order valence-electron chi connectivity index (χ1n) is 13.6. The van der Waals surface area contributed by atoms with Crippen LogP contribution in [-0.2, 0) is 25.3 Å². The van der Waals surface area contributed by atoms with Crippen LogP contribution in [0.25, 0.3) is 0 Å². The second-order valence-electron chi connectivity index (χ2n) is 10.4. The van der Waals surface area contributed by atoms with Gasteiger partial charge in [0.1, 0.15) is 12.1 Å². The van der Waals surface area contributed by atoms with Crippen LogP contribution in [0.2, 0.25) is 0 Å². The minimum Gasteiger partial charge on any atom is -0.384 e. The molecular formula is C31H34N3O6P. The normalized spacial score (nSPS) is 20.1. The summed E-state index contributed by atoms with van der Waals surface area (Å²) in [6, 6.07) is 23.3. The standard InChI is InChI=1S/C31H34N3O6P/c1-22-6-8-23(9-7-22)10-11-24-12-14-25(15-13-24)20-34-30(18-27(40-34)21-39-41(36,37)38)31(35)32-17-16-26-19-33-29-5-3-2-4-28(26)29/h2-9,12-15,26-27,30,33H,16-21H2,1H3,(H,32,35)(H2,36,37,38). The first-order chi connectivity index (χ1) is 19.7. The van der Waals surface area contributed by atoms with Gasteiger partial charge in [0.15, 0.2) is 0 Å². The molecule has 41 heavy (non-hydrogen) atoms. The Balaban J connectivity index is 1.20. The quantitative estimate of drug-likeness (QED) is 0.223. The molecule has 2 aliphatic rings. The number of nitrogens with zero attached hydrogens (tertiary/aromatic N) is 1. The summed E-state index contributed by atoms with van der Waals surface area (Å²) in [7, 11) is -4.66. The fourth-order valence-corrected chi connectivity index (χ4v) is 5.46. The molecule has 0 radical (unpaired) electrons. The van der Waals surface area contributed by atoms with Crippen LogP contribution >= 0.6 is 7.82 Å². The van der Waals surface area contributed by atoms with Crippen molar-refractivity contribution in [2.75, 3.05) is 25.0 Å². The highest BCUT2D eigenvalue weighted by Gasteiger charge is 2.39. The average Bonchev–Trinajstić information content (AvgIpc) is 3.56. The maximum absolute atomic E-state index is 13.2. The minimum atomic E-state index is -4.66. The lowest BCUT2D eigenvalue weighted by molar-refractivity contribution is -0.180. The van der Waals surface area contributed by atoms with E-state index in [2.05, 4.69) is 39.1 Å². The van der Waals surface area contributed by atoms with Crippen molar-refractivity contribution in [2.24, 2.45) is 0 Å². The van der Waals surface area contributed by atoms with Gasteiger partial charge in [-0.1, -0.05) is 59.9 Å². The van der Waals surface area contributed by atoms with E-state index in [0.29, 0.717) is 19.0 Å². The first kappa shape index (κ1) is 29.0. The molecule has 5 rings (SSSR count). The van der Waals surface area contributed by atoms with Crippen molar-refractivity contribution >= 4 is 19.4 Å². The molecule has 1 amide bonds. The fourth-order valence-electron chi connectivity index (χ4n) is 5.10. The third-order valence-electron chi connectivity index (χ3n) is 7.28. The number of hydrogen-bond donors (Lipinski definition) is 4. The van der Waals surface area contributed by atoms with Crippen molar-refractivity contribution in [2.45, 2.75) is 44.4 Å². The molecule has 1 fully saturated rings. The van der Waals surface area contributed by atoms with E-state index in [1.807, 2.05) is 67.6 Å². The van der Waals surface area contributed by atoms with Crippen LogP contribution in [-0.4, -0.2) is 52.6 Å². The van der Waals surface area contributed by atoms with E-state index in [-0.39, 0.29) is 18.9 Å².